The summed E-state index contributed by atoms with van der Waals surface area (Å²) in [6.07, 6.45) is 1.43. The first-order valence-electron chi connectivity index (χ1n) is 8.07. The van der Waals surface area contributed by atoms with E-state index in [1.54, 1.807) is 11.6 Å². The van der Waals surface area contributed by atoms with Gasteiger partial charge < -0.3 is 0 Å². The third-order valence-electron chi connectivity index (χ3n) is 4.09. The molecule has 1 aliphatic heterocycles. The van der Waals surface area contributed by atoms with Crippen molar-refractivity contribution in [1.82, 2.24) is 14.5 Å². The highest BCUT2D eigenvalue weighted by atomic mass is 16.2. The van der Waals surface area contributed by atoms with Crippen LogP contribution >= 0.6 is 0 Å². The lowest BCUT2D eigenvalue weighted by molar-refractivity contribution is -0.135. The van der Waals surface area contributed by atoms with Crippen LogP contribution in [-0.2, 0) is 23.1 Å². The summed E-state index contributed by atoms with van der Waals surface area (Å²) in [7, 11) is 1.71. The minimum atomic E-state index is -0.619. The van der Waals surface area contributed by atoms with Crippen molar-refractivity contribution in [2.45, 2.75) is 46.1 Å². The molecule has 1 unspecified atom stereocenters. The highest BCUT2D eigenvalue weighted by molar-refractivity contribution is 6.00. The maximum absolute atomic E-state index is 12.5. The smallest absolute Gasteiger partial charge is 0.295 e. The normalized spacial score (nSPS) is 17.7. The number of imidazole rings is 1. The van der Waals surface area contributed by atoms with Crippen molar-refractivity contribution < 1.29 is 9.59 Å². The standard InChI is InChI=1S/C15H17N3O3.C2H6/c1-3-9-5-4-6-10-13(9)17(2)15(21)18(10)11-7-8-12(19)16-14(11)20;1-2/h4-6,11H,3,7-8H2,1-2H3,(H,16,19,20);1-2H3. The molecule has 1 fully saturated rings. The van der Waals surface area contributed by atoms with Gasteiger partial charge in [0.2, 0.25) is 11.8 Å². The number of aryl methyl sites for hydroxylation is 2. The minimum absolute atomic E-state index is 0.222. The molecule has 1 aromatic heterocycles. The Hall–Kier alpha value is -2.37. The maximum Gasteiger partial charge on any atom is 0.329 e. The van der Waals surface area contributed by atoms with E-state index < -0.39 is 11.9 Å². The first-order chi connectivity index (χ1) is 11.0. The molecule has 23 heavy (non-hydrogen) atoms. The Morgan fingerprint density at radius 1 is 1.22 bits per heavy atom. The monoisotopic (exact) mass is 317 g/mol. The van der Waals surface area contributed by atoms with Gasteiger partial charge in [-0.3, -0.25) is 24.0 Å². The number of aromatic nitrogens is 2. The largest absolute Gasteiger partial charge is 0.329 e. The number of nitrogens with one attached hydrogen (secondary N) is 1. The topological polar surface area (TPSA) is 73.1 Å². The van der Waals surface area contributed by atoms with Gasteiger partial charge in [-0.1, -0.05) is 32.9 Å². The number of para-hydroxylation sites is 1. The summed E-state index contributed by atoms with van der Waals surface area (Å²) in [6, 6.07) is 5.10. The summed E-state index contributed by atoms with van der Waals surface area (Å²) >= 11 is 0. The third kappa shape index (κ3) is 2.81. The molecule has 2 amide bonds. The lowest BCUT2D eigenvalue weighted by Gasteiger charge is -2.21. The van der Waals surface area contributed by atoms with Crippen LogP contribution in [0.5, 0.6) is 0 Å². The van der Waals surface area contributed by atoms with E-state index in [2.05, 4.69) is 5.32 Å². The summed E-state index contributed by atoms with van der Waals surface area (Å²) in [6.45, 7) is 6.03. The van der Waals surface area contributed by atoms with Crippen LogP contribution in [0, 0.1) is 0 Å². The van der Waals surface area contributed by atoms with Crippen molar-refractivity contribution in [2.24, 2.45) is 7.05 Å². The maximum atomic E-state index is 12.5. The van der Waals surface area contributed by atoms with Crippen LogP contribution < -0.4 is 11.0 Å². The molecule has 3 rings (SSSR count). The van der Waals surface area contributed by atoms with Gasteiger partial charge in [-0.15, -0.1) is 0 Å². The highest BCUT2D eigenvalue weighted by Crippen LogP contribution is 2.24. The Balaban J connectivity index is 0.000000924. The number of rotatable bonds is 2. The molecular formula is C17H23N3O3. The van der Waals surface area contributed by atoms with E-state index >= 15 is 0 Å². The predicted molar refractivity (Wildman–Crippen MR) is 89.3 cm³/mol. The van der Waals surface area contributed by atoms with E-state index in [4.69, 9.17) is 0 Å². The lowest BCUT2D eigenvalue weighted by atomic mass is 10.1. The van der Waals surface area contributed by atoms with E-state index in [1.807, 2.05) is 39.0 Å². The Kier molecular flexibility index (Phi) is 5.03. The van der Waals surface area contributed by atoms with Crippen LogP contribution in [0.1, 0.15) is 45.2 Å². The zero-order valence-corrected chi connectivity index (χ0v) is 14.0. The van der Waals surface area contributed by atoms with Gasteiger partial charge in [0.1, 0.15) is 6.04 Å². The number of imide groups is 1. The highest BCUT2D eigenvalue weighted by Gasteiger charge is 2.31. The van der Waals surface area contributed by atoms with Gasteiger partial charge in [-0.05, 0) is 24.5 Å². The van der Waals surface area contributed by atoms with Crippen LogP contribution in [0.25, 0.3) is 11.0 Å². The minimum Gasteiger partial charge on any atom is -0.295 e. The molecule has 124 valence electrons. The van der Waals surface area contributed by atoms with Gasteiger partial charge in [-0.25, -0.2) is 4.79 Å². The van der Waals surface area contributed by atoms with Gasteiger partial charge in [-0.2, -0.15) is 0 Å². The Morgan fingerprint density at radius 2 is 1.91 bits per heavy atom. The van der Waals surface area contributed by atoms with Crippen molar-refractivity contribution in [2.75, 3.05) is 0 Å². The predicted octanol–water partition coefficient (Wildman–Crippen LogP) is 1.91. The van der Waals surface area contributed by atoms with Gasteiger partial charge in [0.05, 0.1) is 11.0 Å². The summed E-state index contributed by atoms with van der Waals surface area (Å²) in [4.78, 5) is 35.9. The fraction of sp³-hybridized carbons (Fsp3) is 0.471. The first-order valence-corrected chi connectivity index (χ1v) is 8.07. The number of hydrogen-bond acceptors (Lipinski definition) is 3. The molecule has 6 heteroatoms. The van der Waals surface area contributed by atoms with Crippen molar-refractivity contribution in [3.05, 3.63) is 34.2 Å². The number of piperidine rings is 1. The molecule has 2 heterocycles. The molecule has 2 aromatic rings. The number of carbonyl (C=O) groups is 2. The molecule has 0 bridgehead atoms. The zero-order valence-electron chi connectivity index (χ0n) is 14.0. The van der Waals surface area contributed by atoms with E-state index in [-0.39, 0.29) is 18.0 Å². The fourth-order valence-electron chi connectivity index (χ4n) is 3.03. The number of fused-ring (bicyclic) bond motifs is 1. The number of carbonyl (C=O) groups excluding carboxylic acids is 2. The number of hydrogen-bond donors (Lipinski definition) is 1. The molecule has 1 N–H and O–H groups in total. The third-order valence-corrected chi connectivity index (χ3v) is 4.09. The van der Waals surface area contributed by atoms with Crippen molar-refractivity contribution in [3.63, 3.8) is 0 Å². The molecule has 6 nitrogen and oxygen atoms in total. The van der Waals surface area contributed by atoms with Crippen LogP contribution in [0.3, 0.4) is 0 Å². The van der Waals surface area contributed by atoms with Gasteiger partial charge in [0.25, 0.3) is 0 Å². The molecule has 0 spiro atoms. The van der Waals surface area contributed by atoms with E-state index in [0.717, 1.165) is 23.0 Å². The molecule has 0 radical (unpaired) electrons. The zero-order chi connectivity index (χ0) is 17.1. The van der Waals surface area contributed by atoms with E-state index in [9.17, 15) is 14.4 Å². The Labute approximate surface area is 135 Å². The average Bonchev–Trinajstić information content (AvgIpc) is 2.81. The van der Waals surface area contributed by atoms with Crippen LogP contribution in [0.15, 0.2) is 23.0 Å². The molecule has 0 saturated carbocycles. The second kappa shape index (κ2) is 6.81. The lowest BCUT2D eigenvalue weighted by Crippen LogP contribution is -2.44. The summed E-state index contributed by atoms with van der Waals surface area (Å²) in [5, 5.41) is 2.31. The number of benzene rings is 1. The first kappa shape index (κ1) is 17.0. The van der Waals surface area contributed by atoms with Crippen LogP contribution in [-0.4, -0.2) is 20.9 Å². The van der Waals surface area contributed by atoms with Crippen LogP contribution in [0.4, 0.5) is 0 Å². The second-order valence-electron chi connectivity index (χ2n) is 5.32. The number of nitrogens with zero attached hydrogens (tertiary/aromatic N) is 2. The quantitative estimate of drug-likeness (QED) is 0.860. The van der Waals surface area contributed by atoms with Gasteiger partial charge in [0.15, 0.2) is 0 Å². The average molecular weight is 317 g/mol. The Morgan fingerprint density at radius 3 is 2.52 bits per heavy atom. The van der Waals surface area contributed by atoms with Crippen molar-refractivity contribution >= 4 is 22.8 Å². The van der Waals surface area contributed by atoms with Gasteiger partial charge >= 0.3 is 5.69 Å². The molecular weight excluding hydrogens is 294 g/mol. The summed E-state index contributed by atoms with van der Waals surface area (Å²) < 4.78 is 3.09. The van der Waals surface area contributed by atoms with Crippen molar-refractivity contribution in [3.8, 4) is 0 Å². The van der Waals surface area contributed by atoms with Crippen molar-refractivity contribution in [1.29, 1.82) is 0 Å². The summed E-state index contributed by atoms with van der Waals surface area (Å²) in [5.41, 5.74) is 2.45. The molecule has 0 aliphatic carbocycles. The fourth-order valence-corrected chi connectivity index (χ4v) is 3.03. The molecule has 1 saturated heterocycles. The van der Waals surface area contributed by atoms with Crippen LogP contribution in [0.2, 0.25) is 0 Å². The number of amides is 2. The van der Waals surface area contributed by atoms with E-state index in [0.29, 0.717) is 6.42 Å². The van der Waals surface area contributed by atoms with Gasteiger partial charge in [0, 0.05) is 13.5 Å². The van der Waals surface area contributed by atoms with E-state index in [1.165, 1.54) is 4.57 Å². The molecule has 1 aliphatic rings. The SMILES string of the molecule is CC.CCc1cccc2c1n(C)c(=O)n2C1CCC(=O)NC1=O. The second-order valence-corrected chi connectivity index (χ2v) is 5.32. The summed E-state index contributed by atoms with van der Waals surface area (Å²) in [5.74, 6) is -0.679. The molecule has 1 aromatic carbocycles. The Bertz CT molecular complexity index is 801. The molecule has 1 atom stereocenters.